The SMILES string of the molecule is Cl.NC(=O)N1CCCN(C2CNC2)CC1. The van der Waals surface area contributed by atoms with Gasteiger partial charge in [-0.2, -0.15) is 0 Å². The number of carbonyl (C=O) groups is 1. The molecule has 2 heterocycles. The van der Waals surface area contributed by atoms with E-state index in [0.29, 0.717) is 6.04 Å². The largest absolute Gasteiger partial charge is 0.351 e. The second kappa shape index (κ2) is 5.53. The minimum absolute atomic E-state index is 0. The van der Waals surface area contributed by atoms with E-state index in [2.05, 4.69) is 10.2 Å². The van der Waals surface area contributed by atoms with E-state index in [0.717, 1.165) is 45.7 Å². The summed E-state index contributed by atoms with van der Waals surface area (Å²) >= 11 is 0. The minimum atomic E-state index is -0.279. The van der Waals surface area contributed by atoms with Crippen molar-refractivity contribution in [2.24, 2.45) is 5.73 Å². The molecule has 0 atom stereocenters. The average molecular weight is 235 g/mol. The van der Waals surface area contributed by atoms with Crippen molar-refractivity contribution in [3.63, 3.8) is 0 Å². The third-order valence-corrected chi connectivity index (χ3v) is 3.12. The molecule has 2 aliphatic heterocycles. The Morgan fingerprint density at radius 3 is 2.47 bits per heavy atom. The summed E-state index contributed by atoms with van der Waals surface area (Å²) in [6.07, 6.45) is 1.04. The predicted octanol–water partition coefficient (Wildman–Crippen LogP) is -0.534. The van der Waals surface area contributed by atoms with Gasteiger partial charge in [-0.15, -0.1) is 12.4 Å². The quantitative estimate of drug-likeness (QED) is 0.641. The summed E-state index contributed by atoms with van der Waals surface area (Å²) in [6, 6.07) is 0.404. The van der Waals surface area contributed by atoms with Crippen LogP contribution in [0, 0.1) is 0 Å². The van der Waals surface area contributed by atoms with E-state index >= 15 is 0 Å². The number of hydrogen-bond donors (Lipinski definition) is 2. The molecule has 15 heavy (non-hydrogen) atoms. The molecule has 2 saturated heterocycles. The second-order valence-corrected chi connectivity index (χ2v) is 4.03. The third kappa shape index (κ3) is 2.96. The molecular weight excluding hydrogens is 216 g/mol. The Morgan fingerprint density at radius 1 is 1.20 bits per heavy atom. The third-order valence-electron chi connectivity index (χ3n) is 3.12. The van der Waals surface area contributed by atoms with E-state index in [1.165, 1.54) is 0 Å². The first-order valence-corrected chi connectivity index (χ1v) is 5.26. The van der Waals surface area contributed by atoms with Gasteiger partial charge < -0.3 is 16.0 Å². The predicted molar refractivity (Wildman–Crippen MR) is 61.3 cm³/mol. The van der Waals surface area contributed by atoms with Crippen LogP contribution in [0.15, 0.2) is 0 Å². The first-order valence-electron chi connectivity index (χ1n) is 5.26. The highest BCUT2D eigenvalue weighted by atomic mass is 35.5. The van der Waals surface area contributed by atoms with Gasteiger partial charge in [0.15, 0.2) is 0 Å². The van der Waals surface area contributed by atoms with Gasteiger partial charge in [-0.25, -0.2) is 4.79 Å². The van der Waals surface area contributed by atoms with E-state index in [-0.39, 0.29) is 18.4 Å². The van der Waals surface area contributed by atoms with Gasteiger partial charge in [-0.1, -0.05) is 0 Å². The molecule has 5 nitrogen and oxygen atoms in total. The maximum atomic E-state index is 11.0. The Labute approximate surface area is 96.4 Å². The van der Waals surface area contributed by atoms with E-state index < -0.39 is 0 Å². The van der Waals surface area contributed by atoms with Crippen LogP contribution < -0.4 is 11.1 Å². The summed E-state index contributed by atoms with van der Waals surface area (Å²) < 4.78 is 0. The van der Waals surface area contributed by atoms with E-state index in [4.69, 9.17) is 5.73 Å². The fourth-order valence-corrected chi connectivity index (χ4v) is 2.05. The maximum Gasteiger partial charge on any atom is 0.314 e. The highest BCUT2D eigenvalue weighted by Crippen LogP contribution is 2.09. The lowest BCUT2D eigenvalue weighted by atomic mass is 10.1. The topological polar surface area (TPSA) is 61.6 Å². The van der Waals surface area contributed by atoms with Gasteiger partial charge in [0, 0.05) is 45.3 Å². The molecule has 0 unspecified atom stereocenters. The molecule has 0 saturated carbocycles. The average Bonchev–Trinajstić information content (AvgIpc) is 2.26. The Bertz CT molecular complexity index is 222. The van der Waals surface area contributed by atoms with Crippen LogP contribution in [0.3, 0.4) is 0 Å². The van der Waals surface area contributed by atoms with Crippen LogP contribution in [0.2, 0.25) is 0 Å². The monoisotopic (exact) mass is 234 g/mol. The molecule has 6 heteroatoms. The summed E-state index contributed by atoms with van der Waals surface area (Å²) in [5.74, 6) is 0. The van der Waals surface area contributed by atoms with Gasteiger partial charge in [0.25, 0.3) is 0 Å². The molecule has 0 aromatic heterocycles. The van der Waals surface area contributed by atoms with Gasteiger partial charge in [0.1, 0.15) is 0 Å². The molecule has 3 N–H and O–H groups in total. The van der Waals surface area contributed by atoms with E-state index in [1.54, 1.807) is 4.90 Å². The fraction of sp³-hybridized carbons (Fsp3) is 0.889. The summed E-state index contributed by atoms with van der Waals surface area (Å²) in [5.41, 5.74) is 5.26. The van der Waals surface area contributed by atoms with Crippen molar-refractivity contribution < 1.29 is 4.79 Å². The smallest absolute Gasteiger partial charge is 0.314 e. The van der Waals surface area contributed by atoms with Gasteiger partial charge >= 0.3 is 6.03 Å². The number of nitrogens with two attached hydrogens (primary N) is 1. The molecule has 2 fully saturated rings. The molecule has 0 spiro atoms. The zero-order valence-electron chi connectivity index (χ0n) is 8.82. The number of halogens is 1. The molecule has 2 aliphatic rings. The highest BCUT2D eigenvalue weighted by molar-refractivity contribution is 5.85. The first-order chi connectivity index (χ1) is 6.77. The van der Waals surface area contributed by atoms with Gasteiger partial charge in [-0.05, 0) is 6.42 Å². The van der Waals surface area contributed by atoms with Crippen molar-refractivity contribution in [1.29, 1.82) is 0 Å². The van der Waals surface area contributed by atoms with Crippen molar-refractivity contribution in [2.75, 3.05) is 39.3 Å². The number of amides is 2. The molecular formula is C9H19ClN4O. The number of carbonyl (C=O) groups excluding carboxylic acids is 1. The normalized spacial score (nSPS) is 23.9. The summed E-state index contributed by atoms with van der Waals surface area (Å²) in [4.78, 5) is 15.2. The first kappa shape index (κ1) is 12.5. The zero-order chi connectivity index (χ0) is 9.97. The number of nitrogens with zero attached hydrogens (tertiary/aromatic N) is 2. The van der Waals surface area contributed by atoms with E-state index in [9.17, 15) is 4.79 Å². The molecule has 2 amide bonds. The van der Waals surface area contributed by atoms with Crippen LogP contribution >= 0.6 is 12.4 Å². The zero-order valence-corrected chi connectivity index (χ0v) is 9.63. The molecule has 0 radical (unpaired) electrons. The van der Waals surface area contributed by atoms with E-state index in [1.807, 2.05) is 0 Å². The molecule has 0 aliphatic carbocycles. The molecule has 0 aromatic carbocycles. The van der Waals surface area contributed by atoms with Crippen LogP contribution in [0.1, 0.15) is 6.42 Å². The van der Waals surface area contributed by atoms with Crippen LogP contribution in [0.25, 0.3) is 0 Å². The molecule has 0 aromatic rings. The lowest BCUT2D eigenvalue weighted by Crippen LogP contribution is -2.57. The lowest BCUT2D eigenvalue weighted by Gasteiger charge is -2.37. The Kier molecular flexibility index (Phi) is 4.63. The number of rotatable bonds is 1. The van der Waals surface area contributed by atoms with Crippen LogP contribution in [-0.4, -0.2) is 61.1 Å². The fourth-order valence-electron chi connectivity index (χ4n) is 2.05. The summed E-state index contributed by atoms with van der Waals surface area (Å²) in [7, 11) is 0. The van der Waals surface area contributed by atoms with Gasteiger partial charge in [0.05, 0.1) is 0 Å². The Hall–Kier alpha value is -0.520. The van der Waals surface area contributed by atoms with Crippen molar-refractivity contribution in [2.45, 2.75) is 12.5 Å². The Balaban J connectivity index is 0.00000112. The van der Waals surface area contributed by atoms with Crippen LogP contribution in [0.5, 0.6) is 0 Å². The van der Waals surface area contributed by atoms with Crippen molar-refractivity contribution in [1.82, 2.24) is 15.1 Å². The van der Waals surface area contributed by atoms with Gasteiger partial charge in [-0.3, -0.25) is 4.90 Å². The standard InChI is InChI=1S/C9H18N4O.ClH/c10-9(14)13-3-1-2-12(4-5-13)8-6-11-7-8;/h8,11H,1-7H2,(H2,10,14);1H. The van der Waals surface area contributed by atoms with Crippen LogP contribution in [0.4, 0.5) is 4.79 Å². The number of primary amides is 1. The second-order valence-electron chi connectivity index (χ2n) is 4.03. The molecule has 88 valence electrons. The molecule has 2 rings (SSSR count). The minimum Gasteiger partial charge on any atom is -0.351 e. The molecule has 0 bridgehead atoms. The van der Waals surface area contributed by atoms with Gasteiger partial charge in [0.2, 0.25) is 0 Å². The summed E-state index contributed by atoms with van der Waals surface area (Å²) in [6.45, 7) is 5.84. The maximum absolute atomic E-state index is 11.0. The number of hydrogen-bond acceptors (Lipinski definition) is 3. The van der Waals surface area contributed by atoms with Crippen molar-refractivity contribution in [3.8, 4) is 0 Å². The van der Waals surface area contributed by atoms with Crippen molar-refractivity contribution >= 4 is 18.4 Å². The number of nitrogens with one attached hydrogen (secondary N) is 1. The van der Waals surface area contributed by atoms with Crippen molar-refractivity contribution in [3.05, 3.63) is 0 Å². The lowest BCUT2D eigenvalue weighted by molar-refractivity contribution is 0.150. The summed E-state index contributed by atoms with van der Waals surface area (Å²) in [5, 5.41) is 3.27. The number of urea groups is 1. The van der Waals surface area contributed by atoms with Crippen LogP contribution in [-0.2, 0) is 0 Å². The highest BCUT2D eigenvalue weighted by Gasteiger charge is 2.26. The Morgan fingerprint density at radius 2 is 1.93 bits per heavy atom.